The van der Waals surface area contributed by atoms with E-state index in [1.165, 1.54) is 10.5 Å². The molecule has 1 saturated heterocycles. The predicted octanol–water partition coefficient (Wildman–Crippen LogP) is 4.84. The molecule has 3 heterocycles. The molecular weight excluding hydrogens is 410 g/mol. The Morgan fingerprint density at radius 1 is 0.970 bits per heavy atom. The molecule has 2 amide bonds. The lowest BCUT2D eigenvalue weighted by Crippen LogP contribution is -2.39. The van der Waals surface area contributed by atoms with Gasteiger partial charge in [-0.05, 0) is 67.3 Å². The molecular formula is C28H31N3O2. The third-order valence-electron chi connectivity index (χ3n) is 7.32. The number of rotatable bonds is 5. The number of hydrogen-bond donors (Lipinski definition) is 1. The van der Waals surface area contributed by atoms with Crippen LogP contribution in [0.3, 0.4) is 0 Å². The number of aromatic nitrogens is 1. The Kier molecular flexibility index (Phi) is 5.57. The van der Waals surface area contributed by atoms with Crippen LogP contribution >= 0.6 is 0 Å². The maximum Gasteiger partial charge on any atom is 0.277 e. The van der Waals surface area contributed by atoms with Crippen LogP contribution in [0.15, 0.2) is 54.4 Å². The van der Waals surface area contributed by atoms with Crippen LogP contribution < -0.4 is 0 Å². The third-order valence-corrected chi connectivity index (χ3v) is 7.32. The minimum atomic E-state index is -0.170. The summed E-state index contributed by atoms with van der Waals surface area (Å²) in [6.45, 7) is 8.39. The van der Waals surface area contributed by atoms with Gasteiger partial charge in [-0.3, -0.25) is 14.5 Å². The molecule has 0 atom stereocenters. The number of benzene rings is 2. The first-order chi connectivity index (χ1) is 15.9. The van der Waals surface area contributed by atoms with Crippen molar-refractivity contribution in [3.8, 4) is 0 Å². The van der Waals surface area contributed by atoms with Gasteiger partial charge >= 0.3 is 0 Å². The van der Waals surface area contributed by atoms with Crippen LogP contribution in [0.4, 0.5) is 0 Å². The molecule has 1 fully saturated rings. The smallest absolute Gasteiger partial charge is 0.277 e. The lowest BCUT2D eigenvalue weighted by molar-refractivity contribution is -0.137. The summed E-state index contributed by atoms with van der Waals surface area (Å²) >= 11 is 0. The molecule has 3 aromatic rings. The summed E-state index contributed by atoms with van der Waals surface area (Å²) in [5.41, 5.74) is 6.51. The number of imide groups is 1. The molecule has 2 aliphatic heterocycles. The van der Waals surface area contributed by atoms with Crippen molar-refractivity contribution in [2.24, 2.45) is 5.92 Å². The zero-order valence-electron chi connectivity index (χ0n) is 19.6. The monoisotopic (exact) mass is 441 g/mol. The molecule has 5 nitrogen and oxygen atoms in total. The number of carbonyl (C=O) groups excluding carboxylic acids is 2. The molecule has 0 saturated carbocycles. The van der Waals surface area contributed by atoms with E-state index in [1.807, 2.05) is 42.6 Å². The molecule has 0 unspecified atom stereocenters. The van der Waals surface area contributed by atoms with Crippen LogP contribution in [0.25, 0.3) is 16.5 Å². The molecule has 5 rings (SSSR count). The summed E-state index contributed by atoms with van der Waals surface area (Å²) in [6, 6.07) is 14.2. The maximum absolute atomic E-state index is 13.7. The van der Waals surface area contributed by atoms with E-state index in [9.17, 15) is 9.59 Å². The van der Waals surface area contributed by atoms with E-state index < -0.39 is 0 Å². The number of amides is 2. The van der Waals surface area contributed by atoms with Crippen LogP contribution in [-0.2, 0) is 16.0 Å². The van der Waals surface area contributed by atoms with Gasteiger partial charge in [0.25, 0.3) is 11.8 Å². The SMILES string of the molecule is Cc1ccc(C2=C(N3CCC(C)CC3)C(=O)N(CCc3c[nH]c4ccccc34)C2=O)cc1C. The van der Waals surface area contributed by atoms with E-state index in [0.29, 0.717) is 30.2 Å². The number of carbonyl (C=O) groups is 2. The molecule has 2 aliphatic rings. The second-order valence-electron chi connectivity index (χ2n) is 9.56. The zero-order chi connectivity index (χ0) is 23.1. The minimum Gasteiger partial charge on any atom is -0.366 e. The molecule has 170 valence electrons. The van der Waals surface area contributed by atoms with Crippen molar-refractivity contribution in [2.75, 3.05) is 19.6 Å². The number of aromatic amines is 1. The van der Waals surface area contributed by atoms with Crippen molar-refractivity contribution < 1.29 is 9.59 Å². The topological polar surface area (TPSA) is 56.4 Å². The van der Waals surface area contributed by atoms with Gasteiger partial charge in [0, 0.05) is 36.7 Å². The summed E-state index contributed by atoms with van der Waals surface area (Å²) in [7, 11) is 0. The fourth-order valence-corrected chi connectivity index (χ4v) is 5.02. The van der Waals surface area contributed by atoms with E-state index in [4.69, 9.17) is 0 Å². The number of H-pyrrole nitrogens is 1. The van der Waals surface area contributed by atoms with Crippen LogP contribution in [-0.4, -0.2) is 46.2 Å². The van der Waals surface area contributed by atoms with Gasteiger partial charge in [0.1, 0.15) is 5.70 Å². The predicted molar refractivity (Wildman–Crippen MR) is 132 cm³/mol. The normalized spacial score (nSPS) is 17.7. The summed E-state index contributed by atoms with van der Waals surface area (Å²) in [6.07, 6.45) is 4.70. The highest BCUT2D eigenvalue weighted by Gasteiger charge is 2.42. The van der Waals surface area contributed by atoms with Gasteiger partial charge in [-0.2, -0.15) is 0 Å². The molecule has 0 spiro atoms. The highest BCUT2D eigenvalue weighted by Crippen LogP contribution is 2.35. The van der Waals surface area contributed by atoms with Gasteiger partial charge < -0.3 is 9.88 Å². The average Bonchev–Trinajstić information content (AvgIpc) is 3.33. The minimum absolute atomic E-state index is 0.150. The largest absolute Gasteiger partial charge is 0.366 e. The van der Waals surface area contributed by atoms with Gasteiger partial charge in [-0.15, -0.1) is 0 Å². The second-order valence-corrected chi connectivity index (χ2v) is 9.56. The van der Waals surface area contributed by atoms with Crippen molar-refractivity contribution in [1.82, 2.24) is 14.8 Å². The fraction of sp³-hybridized carbons (Fsp3) is 0.357. The zero-order valence-corrected chi connectivity index (χ0v) is 19.6. The Labute approximate surface area is 195 Å². The Morgan fingerprint density at radius 3 is 2.48 bits per heavy atom. The first-order valence-corrected chi connectivity index (χ1v) is 11.9. The average molecular weight is 442 g/mol. The number of fused-ring (bicyclic) bond motifs is 1. The van der Waals surface area contributed by atoms with Gasteiger partial charge in [0.05, 0.1) is 5.57 Å². The van der Waals surface area contributed by atoms with Crippen molar-refractivity contribution in [3.63, 3.8) is 0 Å². The quantitative estimate of drug-likeness (QED) is 0.577. The first-order valence-electron chi connectivity index (χ1n) is 11.9. The van der Waals surface area contributed by atoms with Gasteiger partial charge in [-0.1, -0.05) is 43.3 Å². The lowest BCUT2D eigenvalue weighted by atomic mass is 9.96. The third kappa shape index (κ3) is 3.86. The molecule has 0 aliphatic carbocycles. The van der Waals surface area contributed by atoms with E-state index in [1.54, 1.807) is 0 Å². The summed E-state index contributed by atoms with van der Waals surface area (Å²) in [5.74, 6) is 0.330. The molecule has 1 N–H and O–H groups in total. The highest BCUT2D eigenvalue weighted by molar-refractivity contribution is 6.35. The molecule has 1 aromatic heterocycles. The van der Waals surface area contributed by atoms with Gasteiger partial charge in [0.15, 0.2) is 0 Å². The molecule has 5 heteroatoms. The number of aryl methyl sites for hydroxylation is 2. The van der Waals surface area contributed by atoms with Crippen LogP contribution in [0.2, 0.25) is 0 Å². The van der Waals surface area contributed by atoms with E-state index in [0.717, 1.165) is 53.5 Å². The number of nitrogens with one attached hydrogen (secondary N) is 1. The Hall–Kier alpha value is -3.34. The van der Waals surface area contributed by atoms with E-state index >= 15 is 0 Å². The van der Waals surface area contributed by atoms with E-state index in [-0.39, 0.29) is 11.8 Å². The Bertz CT molecular complexity index is 1260. The van der Waals surface area contributed by atoms with Crippen LogP contribution in [0.1, 0.15) is 42.0 Å². The van der Waals surface area contributed by atoms with Crippen LogP contribution in [0.5, 0.6) is 0 Å². The highest BCUT2D eigenvalue weighted by atomic mass is 16.2. The molecule has 2 aromatic carbocycles. The number of piperidine rings is 1. The fourth-order valence-electron chi connectivity index (χ4n) is 5.02. The number of hydrogen-bond acceptors (Lipinski definition) is 3. The number of para-hydroxylation sites is 1. The van der Waals surface area contributed by atoms with Crippen molar-refractivity contribution in [2.45, 2.75) is 40.0 Å². The number of likely N-dealkylation sites (tertiary alicyclic amines) is 1. The number of nitrogens with zero attached hydrogens (tertiary/aromatic N) is 2. The summed E-state index contributed by atoms with van der Waals surface area (Å²) in [4.78, 5) is 34.2. The Balaban J connectivity index is 1.47. The lowest BCUT2D eigenvalue weighted by Gasteiger charge is -2.32. The summed E-state index contributed by atoms with van der Waals surface area (Å²) < 4.78 is 0. The molecule has 0 radical (unpaired) electrons. The van der Waals surface area contributed by atoms with Crippen molar-refractivity contribution in [1.29, 1.82) is 0 Å². The standard InChI is InChI=1S/C28H31N3O2/c1-18-10-13-30(14-11-18)26-25(21-9-8-19(2)20(3)16-21)27(32)31(28(26)33)15-12-22-17-29-24-7-5-4-6-23(22)24/h4-9,16-18,29H,10-15H2,1-3H3. The van der Waals surface area contributed by atoms with Crippen LogP contribution in [0, 0.1) is 19.8 Å². The Morgan fingerprint density at radius 2 is 1.73 bits per heavy atom. The molecule has 0 bridgehead atoms. The second kappa shape index (κ2) is 8.54. The molecule has 33 heavy (non-hydrogen) atoms. The van der Waals surface area contributed by atoms with Gasteiger partial charge in [-0.25, -0.2) is 0 Å². The first kappa shape index (κ1) is 21.5. The van der Waals surface area contributed by atoms with Gasteiger partial charge in [0.2, 0.25) is 0 Å². The van der Waals surface area contributed by atoms with E-state index in [2.05, 4.69) is 36.7 Å². The summed E-state index contributed by atoms with van der Waals surface area (Å²) in [5, 5.41) is 1.14. The maximum atomic E-state index is 13.7. The van der Waals surface area contributed by atoms with Crippen molar-refractivity contribution >= 4 is 28.3 Å². The van der Waals surface area contributed by atoms with Crippen molar-refractivity contribution in [3.05, 3.63) is 76.6 Å².